The van der Waals surface area contributed by atoms with Gasteiger partial charge in [0.25, 0.3) is 0 Å². The van der Waals surface area contributed by atoms with Crippen molar-refractivity contribution in [2.75, 3.05) is 39.5 Å². The molecule has 1 aromatic carbocycles. The average molecular weight is 626 g/mol. The van der Waals surface area contributed by atoms with Gasteiger partial charge in [-0.3, -0.25) is 9.59 Å². The molecule has 0 aliphatic carbocycles. The number of aryl methyl sites for hydroxylation is 2. The van der Waals surface area contributed by atoms with Crippen LogP contribution in [0.1, 0.15) is 61.2 Å². The zero-order valence-corrected chi connectivity index (χ0v) is 26.5. The summed E-state index contributed by atoms with van der Waals surface area (Å²) in [6.45, 7) is 8.91. The molecule has 3 N–H and O–H groups in total. The summed E-state index contributed by atoms with van der Waals surface area (Å²) in [4.78, 5) is 34.3. The number of carbonyl (C=O) groups excluding carboxylic acids is 2. The third-order valence-corrected chi connectivity index (χ3v) is 9.40. The number of benzene rings is 1. The second kappa shape index (κ2) is 15.1. The molecule has 3 aromatic rings. The van der Waals surface area contributed by atoms with Crippen LogP contribution in [0.5, 0.6) is 5.75 Å². The first-order valence-electron chi connectivity index (χ1n) is 15.5. The maximum absolute atomic E-state index is 13.7. The van der Waals surface area contributed by atoms with E-state index in [9.17, 15) is 14.7 Å². The van der Waals surface area contributed by atoms with Crippen LogP contribution in [-0.4, -0.2) is 83.6 Å². The lowest BCUT2D eigenvalue weighted by Crippen LogP contribution is -2.48. The van der Waals surface area contributed by atoms with Crippen molar-refractivity contribution in [2.24, 2.45) is 5.92 Å². The topological polar surface area (TPSA) is 139 Å². The number of ether oxygens (including phenoxy) is 2. The lowest BCUT2D eigenvalue weighted by atomic mass is 9.90. The van der Waals surface area contributed by atoms with E-state index in [1.807, 2.05) is 30.6 Å². The van der Waals surface area contributed by atoms with Crippen LogP contribution in [0.3, 0.4) is 0 Å². The normalized spacial score (nSPS) is 18.7. The van der Waals surface area contributed by atoms with Crippen LogP contribution >= 0.6 is 11.3 Å². The Morgan fingerprint density at radius 3 is 2.73 bits per heavy atom. The largest absolute Gasteiger partial charge is 0.491 e. The number of rotatable bonds is 13. The van der Waals surface area contributed by atoms with Crippen LogP contribution in [0.2, 0.25) is 0 Å². The van der Waals surface area contributed by atoms with Gasteiger partial charge in [0.2, 0.25) is 11.8 Å². The van der Waals surface area contributed by atoms with Gasteiger partial charge < -0.3 is 34.6 Å². The Hall–Kier alpha value is -3.32. The summed E-state index contributed by atoms with van der Waals surface area (Å²) in [6, 6.07) is 7.10. The summed E-state index contributed by atoms with van der Waals surface area (Å²) in [5, 5.41) is 20.2. The van der Waals surface area contributed by atoms with Crippen molar-refractivity contribution in [2.45, 2.75) is 71.1 Å². The van der Waals surface area contributed by atoms with Gasteiger partial charge >= 0.3 is 0 Å². The van der Waals surface area contributed by atoms with E-state index in [2.05, 4.69) is 20.8 Å². The average Bonchev–Trinajstić information content (AvgIpc) is 3.80. The van der Waals surface area contributed by atoms with Gasteiger partial charge in [-0.25, -0.2) is 4.98 Å². The number of nitrogens with one attached hydrogen (secondary N) is 2. The zero-order chi connectivity index (χ0) is 31.1. The van der Waals surface area contributed by atoms with E-state index in [-0.39, 0.29) is 31.1 Å². The number of aromatic nitrogens is 2. The molecular weight excluding hydrogens is 582 g/mol. The second-order valence-corrected chi connectivity index (χ2v) is 12.5. The van der Waals surface area contributed by atoms with Gasteiger partial charge in [0.05, 0.1) is 34.5 Å². The third-order valence-electron chi connectivity index (χ3n) is 8.42. The number of carbonyl (C=O) groups is 2. The molecule has 12 heteroatoms. The van der Waals surface area contributed by atoms with E-state index in [0.29, 0.717) is 49.8 Å². The number of hydrogen-bond donors (Lipinski definition) is 3. The number of nitrogens with zero attached hydrogens (tertiary/aromatic N) is 3. The summed E-state index contributed by atoms with van der Waals surface area (Å²) in [7, 11) is 0. The molecule has 238 valence electrons. The summed E-state index contributed by atoms with van der Waals surface area (Å²) in [6.07, 6.45) is 3.52. The highest BCUT2D eigenvalue weighted by molar-refractivity contribution is 7.13. The molecule has 0 spiro atoms. The highest BCUT2D eigenvalue weighted by Crippen LogP contribution is 2.33. The number of thiazole rings is 1. The quantitative estimate of drug-likeness (QED) is 0.243. The zero-order valence-electron chi connectivity index (χ0n) is 25.7. The maximum Gasteiger partial charge on any atom is 0.243 e. The Morgan fingerprint density at radius 2 is 2.02 bits per heavy atom. The summed E-state index contributed by atoms with van der Waals surface area (Å²) in [5.41, 5.74) is 5.29. The van der Waals surface area contributed by atoms with Crippen LogP contribution in [0, 0.1) is 19.8 Å². The summed E-state index contributed by atoms with van der Waals surface area (Å²) < 4.78 is 17.7. The molecule has 0 saturated carbocycles. The van der Waals surface area contributed by atoms with Crippen LogP contribution in [0.4, 0.5) is 0 Å². The Kier molecular flexibility index (Phi) is 11.0. The molecule has 2 fully saturated rings. The highest BCUT2D eigenvalue weighted by Gasteiger charge is 2.40. The predicted octanol–water partition coefficient (Wildman–Crippen LogP) is 3.58. The first kappa shape index (κ1) is 32.1. The molecule has 11 nitrogen and oxygen atoms in total. The Labute approximate surface area is 262 Å². The van der Waals surface area contributed by atoms with E-state index in [4.69, 9.17) is 14.0 Å². The van der Waals surface area contributed by atoms with Crippen molar-refractivity contribution in [3.8, 4) is 16.2 Å². The van der Waals surface area contributed by atoms with Crippen molar-refractivity contribution >= 4 is 23.2 Å². The second-order valence-electron chi connectivity index (χ2n) is 11.7. The molecule has 2 unspecified atom stereocenters. The SMILES string of the molecule is Cc1cc([C@@H](C(=O)N2CCCC2C(=O)NCc2ccc(-c3scnc3C)cc2OCCOC2CCNCC2)C(C)CO)on1. The van der Waals surface area contributed by atoms with E-state index >= 15 is 0 Å². The number of hydrogen-bond acceptors (Lipinski definition) is 10. The van der Waals surface area contributed by atoms with Gasteiger partial charge in [0.1, 0.15) is 30.1 Å². The lowest BCUT2D eigenvalue weighted by Gasteiger charge is -2.29. The minimum atomic E-state index is -0.718. The van der Waals surface area contributed by atoms with Gasteiger partial charge in [-0.1, -0.05) is 24.2 Å². The van der Waals surface area contributed by atoms with Crippen LogP contribution in [0.15, 0.2) is 34.3 Å². The molecule has 2 aliphatic rings. The van der Waals surface area contributed by atoms with Crippen LogP contribution < -0.4 is 15.4 Å². The molecule has 4 heterocycles. The van der Waals surface area contributed by atoms with Crippen molar-refractivity contribution in [3.05, 3.63) is 52.5 Å². The Morgan fingerprint density at radius 1 is 1.20 bits per heavy atom. The maximum atomic E-state index is 13.7. The molecule has 3 atom stereocenters. The van der Waals surface area contributed by atoms with Crippen molar-refractivity contribution < 1.29 is 28.7 Å². The number of piperidine rings is 1. The van der Waals surface area contributed by atoms with Crippen LogP contribution in [0.25, 0.3) is 10.4 Å². The van der Waals surface area contributed by atoms with Crippen molar-refractivity contribution in [1.29, 1.82) is 0 Å². The molecule has 5 rings (SSSR count). The highest BCUT2D eigenvalue weighted by atomic mass is 32.1. The van der Waals surface area contributed by atoms with E-state index in [1.54, 1.807) is 36.2 Å². The first-order valence-corrected chi connectivity index (χ1v) is 16.3. The monoisotopic (exact) mass is 625 g/mol. The minimum absolute atomic E-state index is 0.191. The molecule has 0 bridgehead atoms. The predicted molar refractivity (Wildman–Crippen MR) is 166 cm³/mol. The van der Waals surface area contributed by atoms with Crippen LogP contribution in [-0.2, 0) is 20.9 Å². The number of aliphatic hydroxyl groups is 1. The molecular formula is C32H43N5O6S. The van der Waals surface area contributed by atoms with Gasteiger partial charge in [-0.15, -0.1) is 11.3 Å². The van der Waals surface area contributed by atoms with Gasteiger partial charge in [-0.2, -0.15) is 0 Å². The minimum Gasteiger partial charge on any atom is -0.491 e. The molecule has 44 heavy (non-hydrogen) atoms. The third kappa shape index (κ3) is 7.66. The molecule has 2 amide bonds. The Balaban J connectivity index is 1.26. The van der Waals surface area contributed by atoms with Gasteiger partial charge in [0, 0.05) is 31.3 Å². The van der Waals surface area contributed by atoms with E-state index in [0.717, 1.165) is 47.6 Å². The molecule has 2 aliphatic heterocycles. The summed E-state index contributed by atoms with van der Waals surface area (Å²) >= 11 is 1.58. The summed E-state index contributed by atoms with van der Waals surface area (Å²) in [5.74, 6) is -0.476. The van der Waals surface area contributed by atoms with Gasteiger partial charge in [-0.05, 0) is 70.2 Å². The number of likely N-dealkylation sites (tertiary alicyclic amines) is 1. The lowest BCUT2D eigenvalue weighted by molar-refractivity contribution is -0.141. The van der Waals surface area contributed by atoms with Gasteiger partial charge in [0.15, 0.2) is 0 Å². The number of aliphatic hydroxyl groups excluding tert-OH is 1. The fraction of sp³-hybridized carbons (Fsp3) is 0.562. The molecule has 2 saturated heterocycles. The van der Waals surface area contributed by atoms with E-state index < -0.39 is 17.9 Å². The first-order chi connectivity index (χ1) is 21.4. The fourth-order valence-electron chi connectivity index (χ4n) is 5.95. The fourth-order valence-corrected chi connectivity index (χ4v) is 6.75. The van der Waals surface area contributed by atoms with E-state index in [1.165, 1.54) is 0 Å². The number of amides is 2. The standard InChI is InChI=1S/C32H43N5O6S/c1-20(18-38)29(28-15-21(2)36-43-28)32(40)37-12-4-5-26(37)31(39)34-17-24-7-6-23(30-22(3)35-19-44-30)16-27(24)42-14-13-41-25-8-10-33-11-9-25/h6-7,15-16,19-20,25-26,29,33,38H,4-5,8-14,17-18H2,1-3H3,(H,34,39)/t20?,26?,29-/m0/s1. The van der Waals surface area contributed by atoms with Crippen molar-refractivity contribution in [1.82, 2.24) is 25.7 Å². The molecule has 2 aromatic heterocycles. The smallest absolute Gasteiger partial charge is 0.243 e. The Bertz CT molecular complexity index is 1400. The van der Waals surface area contributed by atoms with Crippen molar-refractivity contribution in [3.63, 3.8) is 0 Å². The molecule has 0 radical (unpaired) electrons.